The minimum absolute atomic E-state index is 0.375. The van der Waals surface area contributed by atoms with E-state index in [1.165, 1.54) is 16.7 Å². The monoisotopic (exact) mass is 329 g/mol. The summed E-state index contributed by atoms with van der Waals surface area (Å²) in [6, 6.07) is 33.1. The smallest absolute Gasteiger partial charge is 0.0325 e. The van der Waals surface area contributed by atoms with Crippen LogP contribution in [0, 0.1) is 0 Å². The number of hydrogen-bond acceptors (Lipinski definition) is 1. The van der Waals surface area contributed by atoms with Crippen LogP contribution in [0.3, 0.4) is 0 Å². The van der Waals surface area contributed by atoms with Crippen molar-refractivity contribution >= 4 is 0 Å². The Hall–Kier alpha value is -2.38. The zero-order valence-corrected chi connectivity index (χ0v) is 14.9. The van der Waals surface area contributed by atoms with E-state index in [-0.39, 0.29) is 0 Å². The molecule has 0 spiro atoms. The van der Waals surface area contributed by atoms with E-state index < -0.39 is 0 Å². The Morgan fingerprint density at radius 3 is 1.80 bits per heavy atom. The maximum absolute atomic E-state index is 3.85. The van der Waals surface area contributed by atoms with Crippen LogP contribution in [0.15, 0.2) is 91.0 Å². The molecule has 0 bridgehead atoms. The quantitative estimate of drug-likeness (QED) is 0.569. The van der Waals surface area contributed by atoms with Crippen molar-refractivity contribution in [2.45, 2.75) is 38.3 Å². The second-order valence-electron chi connectivity index (χ2n) is 6.74. The third kappa shape index (κ3) is 5.58. The van der Waals surface area contributed by atoms with Gasteiger partial charge in [0.05, 0.1) is 0 Å². The van der Waals surface area contributed by atoms with Crippen LogP contribution in [-0.2, 0) is 12.8 Å². The first-order valence-electron chi connectivity index (χ1n) is 9.20. The van der Waals surface area contributed by atoms with Crippen LogP contribution < -0.4 is 5.32 Å². The SMILES string of the molecule is CC(Cc1ccccc1)NC(CCc1ccccc1)c1ccccc1. The maximum atomic E-state index is 3.85. The van der Waals surface area contributed by atoms with Crippen LogP contribution in [0.5, 0.6) is 0 Å². The van der Waals surface area contributed by atoms with Crippen molar-refractivity contribution in [2.24, 2.45) is 0 Å². The average molecular weight is 329 g/mol. The molecule has 0 fully saturated rings. The highest BCUT2D eigenvalue weighted by atomic mass is 14.9. The third-order valence-corrected chi connectivity index (χ3v) is 4.64. The number of benzene rings is 3. The molecule has 3 aromatic carbocycles. The molecule has 0 radical (unpaired) electrons. The van der Waals surface area contributed by atoms with Crippen LogP contribution in [0.2, 0.25) is 0 Å². The van der Waals surface area contributed by atoms with Crippen molar-refractivity contribution in [2.75, 3.05) is 0 Å². The van der Waals surface area contributed by atoms with Gasteiger partial charge >= 0.3 is 0 Å². The molecule has 0 aliphatic rings. The molecule has 3 rings (SSSR count). The normalized spacial score (nSPS) is 13.3. The molecule has 1 nitrogen and oxygen atoms in total. The zero-order valence-electron chi connectivity index (χ0n) is 14.9. The van der Waals surface area contributed by atoms with E-state index in [4.69, 9.17) is 0 Å². The van der Waals surface area contributed by atoms with Gasteiger partial charge in [0.25, 0.3) is 0 Å². The van der Waals surface area contributed by atoms with Crippen LogP contribution in [0.1, 0.15) is 36.1 Å². The molecule has 0 aromatic heterocycles. The van der Waals surface area contributed by atoms with E-state index >= 15 is 0 Å². The third-order valence-electron chi connectivity index (χ3n) is 4.64. The van der Waals surface area contributed by atoms with Crippen molar-refractivity contribution < 1.29 is 0 Å². The molecule has 3 aromatic rings. The van der Waals surface area contributed by atoms with Gasteiger partial charge in [-0.2, -0.15) is 0 Å². The molecule has 0 saturated heterocycles. The van der Waals surface area contributed by atoms with E-state index in [0.29, 0.717) is 12.1 Å². The van der Waals surface area contributed by atoms with Gasteiger partial charge in [0.2, 0.25) is 0 Å². The molecular formula is C24H27N. The topological polar surface area (TPSA) is 12.0 Å². The number of nitrogens with one attached hydrogen (secondary N) is 1. The number of rotatable bonds is 8. The van der Waals surface area contributed by atoms with Gasteiger partial charge in [-0.1, -0.05) is 91.0 Å². The Morgan fingerprint density at radius 1 is 0.680 bits per heavy atom. The summed E-state index contributed by atoms with van der Waals surface area (Å²) in [7, 11) is 0. The Morgan fingerprint density at radius 2 is 1.20 bits per heavy atom. The molecule has 2 atom stereocenters. The Kier molecular flexibility index (Phi) is 6.42. The minimum atomic E-state index is 0.375. The second kappa shape index (κ2) is 9.19. The van der Waals surface area contributed by atoms with Crippen LogP contribution >= 0.6 is 0 Å². The molecule has 0 amide bonds. The van der Waals surface area contributed by atoms with E-state index in [1.807, 2.05) is 0 Å². The van der Waals surface area contributed by atoms with Crippen molar-refractivity contribution in [1.82, 2.24) is 5.32 Å². The highest BCUT2D eigenvalue weighted by Gasteiger charge is 2.14. The molecule has 0 aliphatic carbocycles. The second-order valence-corrected chi connectivity index (χ2v) is 6.74. The molecule has 1 N–H and O–H groups in total. The average Bonchev–Trinajstić information content (AvgIpc) is 2.67. The summed E-state index contributed by atoms with van der Waals surface area (Å²) in [5, 5.41) is 3.85. The van der Waals surface area contributed by atoms with Gasteiger partial charge in [0.1, 0.15) is 0 Å². The maximum Gasteiger partial charge on any atom is 0.0325 e. The lowest BCUT2D eigenvalue weighted by molar-refractivity contribution is 0.432. The van der Waals surface area contributed by atoms with Crippen LogP contribution in [0.25, 0.3) is 0 Å². The molecular weight excluding hydrogens is 302 g/mol. The molecule has 0 heterocycles. The Labute approximate surface area is 151 Å². The Balaban J connectivity index is 1.66. The highest BCUT2D eigenvalue weighted by Crippen LogP contribution is 2.20. The minimum Gasteiger partial charge on any atom is -0.307 e. The molecule has 128 valence electrons. The van der Waals surface area contributed by atoms with Crippen LogP contribution in [0.4, 0.5) is 0 Å². The fraction of sp³-hybridized carbons (Fsp3) is 0.250. The van der Waals surface area contributed by atoms with Gasteiger partial charge in [-0.15, -0.1) is 0 Å². The Bertz CT molecular complexity index is 722. The lowest BCUT2D eigenvalue weighted by Crippen LogP contribution is -2.32. The predicted molar refractivity (Wildman–Crippen MR) is 107 cm³/mol. The summed E-state index contributed by atoms with van der Waals surface area (Å²) in [5.74, 6) is 0. The summed E-state index contributed by atoms with van der Waals surface area (Å²) in [6.45, 7) is 2.28. The van der Waals surface area contributed by atoms with Gasteiger partial charge in [0.15, 0.2) is 0 Å². The fourth-order valence-electron chi connectivity index (χ4n) is 3.36. The first kappa shape index (κ1) is 17.4. The molecule has 25 heavy (non-hydrogen) atoms. The molecule has 0 saturated carbocycles. The summed E-state index contributed by atoms with van der Waals surface area (Å²) >= 11 is 0. The lowest BCUT2D eigenvalue weighted by atomic mass is 9.97. The summed E-state index contributed by atoms with van der Waals surface area (Å²) < 4.78 is 0. The molecule has 1 heteroatoms. The van der Waals surface area contributed by atoms with E-state index in [1.54, 1.807) is 0 Å². The lowest BCUT2D eigenvalue weighted by Gasteiger charge is -2.24. The molecule has 2 unspecified atom stereocenters. The van der Waals surface area contributed by atoms with E-state index in [0.717, 1.165) is 19.3 Å². The first-order valence-corrected chi connectivity index (χ1v) is 9.20. The molecule has 0 aliphatic heterocycles. The van der Waals surface area contributed by atoms with Crippen molar-refractivity contribution in [3.63, 3.8) is 0 Å². The summed E-state index contributed by atoms with van der Waals surface area (Å²) in [4.78, 5) is 0. The van der Waals surface area contributed by atoms with Crippen molar-refractivity contribution in [3.8, 4) is 0 Å². The summed E-state index contributed by atoms with van der Waals surface area (Å²) in [5.41, 5.74) is 4.16. The van der Waals surface area contributed by atoms with Gasteiger partial charge in [-0.05, 0) is 42.9 Å². The highest BCUT2D eigenvalue weighted by molar-refractivity contribution is 5.21. The fourth-order valence-corrected chi connectivity index (χ4v) is 3.36. The van der Waals surface area contributed by atoms with Crippen molar-refractivity contribution in [1.29, 1.82) is 0 Å². The zero-order chi connectivity index (χ0) is 17.3. The van der Waals surface area contributed by atoms with Crippen molar-refractivity contribution in [3.05, 3.63) is 108 Å². The van der Waals surface area contributed by atoms with E-state index in [2.05, 4.69) is 103 Å². The first-order chi connectivity index (χ1) is 12.3. The van der Waals surface area contributed by atoms with Gasteiger partial charge in [0, 0.05) is 12.1 Å². The van der Waals surface area contributed by atoms with Gasteiger partial charge in [-0.25, -0.2) is 0 Å². The van der Waals surface area contributed by atoms with E-state index in [9.17, 15) is 0 Å². The standard InChI is InChI=1S/C24H27N/c1-20(19-22-13-7-3-8-14-22)25-24(23-15-9-4-10-16-23)18-17-21-11-5-2-6-12-21/h2-16,20,24-25H,17-19H2,1H3. The van der Waals surface area contributed by atoms with Gasteiger partial charge in [-0.3, -0.25) is 0 Å². The number of hydrogen-bond donors (Lipinski definition) is 1. The summed E-state index contributed by atoms with van der Waals surface area (Å²) in [6.07, 6.45) is 3.24. The number of aryl methyl sites for hydroxylation is 1. The van der Waals surface area contributed by atoms with Gasteiger partial charge < -0.3 is 5.32 Å². The predicted octanol–water partition coefficient (Wildman–Crippen LogP) is 5.58. The van der Waals surface area contributed by atoms with Crippen LogP contribution in [-0.4, -0.2) is 6.04 Å². The largest absolute Gasteiger partial charge is 0.307 e.